The first-order valence-corrected chi connectivity index (χ1v) is 22.0. The monoisotopic (exact) mass is 834 g/mol. The van der Waals surface area contributed by atoms with Crippen molar-refractivity contribution in [1.29, 1.82) is 0 Å². The van der Waals surface area contributed by atoms with Gasteiger partial charge in [-0.3, -0.25) is 0 Å². The number of aliphatic hydroxyl groups excluding tert-OH is 1. The van der Waals surface area contributed by atoms with Crippen LogP contribution in [0.5, 0.6) is 11.8 Å². The van der Waals surface area contributed by atoms with E-state index >= 15 is 4.39 Å². The quantitative estimate of drug-likeness (QED) is 0.145. The molecule has 2 bridgehead atoms. The van der Waals surface area contributed by atoms with Gasteiger partial charge in [-0.15, -0.1) is 0 Å². The van der Waals surface area contributed by atoms with Crippen molar-refractivity contribution in [3.8, 4) is 22.9 Å². The lowest BCUT2D eigenvalue weighted by molar-refractivity contribution is -0.0366. The predicted octanol–water partition coefficient (Wildman–Crippen LogP) is 8.50. The second-order valence-corrected chi connectivity index (χ2v) is 18.4. The second kappa shape index (κ2) is 16.0. The van der Waals surface area contributed by atoms with E-state index in [9.17, 15) is 9.90 Å². The average molecular weight is 835 g/mol. The number of carbonyl (C=O) groups is 1. The van der Waals surface area contributed by atoms with Gasteiger partial charge in [0.05, 0.1) is 43.6 Å². The van der Waals surface area contributed by atoms with Gasteiger partial charge in [-0.05, 0) is 100 Å². The molecule has 1 N–H and O–H groups in total. The third-order valence-electron chi connectivity index (χ3n) is 12.9. The van der Waals surface area contributed by atoms with Gasteiger partial charge in [0, 0.05) is 60.5 Å². The Hall–Kier alpha value is -5.05. The number of aliphatic hydroxyl groups is 1. The van der Waals surface area contributed by atoms with Crippen LogP contribution in [-0.4, -0.2) is 92.5 Å². The molecule has 5 aliphatic rings. The highest BCUT2D eigenvalue weighted by Gasteiger charge is 2.48. The summed E-state index contributed by atoms with van der Waals surface area (Å²) in [7, 11) is 0. The molecule has 4 saturated heterocycles. The molecule has 3 atom stereocenters. The average Bonchev–Trinajstić information content (AvgIpc) is 3.69. The second-order valence-electron chi connectivity index (χ2n) is 18.4. The lowest BCUT2D eigenvalue weighted by Crippen LogP contribution is -2.50. The number of anilines is 1. The summed E-state index contributed by atoms with van der Waals surface area (Å²) in [5, 5.41) is 16.3. The molecule has 4 aliphatic heterocycles. The summed E-state index contributed by atoms with van der Waals surface area (Å²) in [6.45, 7) is 10.6. The van der Waals surface area contributed by atoms with Crippen molar-refractivity contribution in [3.63, 3.8) is 0 Å². The molecule has 3 aromatic carbocycles. The number of carbonyl (C=O) groups excluding carboxylic acids is 1. The number of ether oxygens (including phenoxy) is 5. The maximum Gasteiger partial charge on any atom is 0.410 e. The molecular weight excluding hydrogens is 780 g/mol. The topological polar surface area (TPSA) is 134 Å². The number of amides is 1. The number of aromatic nitrogens is 4. The molecule has 1 unspecified atom stereocenters. The summed E-state index contributed by atoms with van der Waals surface area (Å²) in [5.41, 5.74) is 5.44. The Morgan fingerprint density at radius 2 is 1.72 bits per heavy atom. The van der Waals surface area contributed by atoms with Gasteiger partial charge in [0.2, 0.25) is 0 Å². The minimum absolute atomic E-state index is 0.00272. The van der Waals surface area contributed by atoms with Gasteiger partial charge >= 0.3 is 12.1 Å². The Morgan fingerprint density at radius 3 is 2.41 bits per heavy atom. The van der Waals surface area contributed by atoms with Crippen LogP contribution in [0.3, 0.4) is 0 Å². The molecule has 0 radical (unpaired) electrons. The van der Waals surface area contributed by atoms with E-state index in [4.69, 9.17) is 38.8 Å². The fourth-order valence-electron chi connectivity index (χ4n) is 9.64. The minimum Gasteiger partial charge on any atom is -0.486 e. The molecule has 6 heterocycles. The highest BCUT2D eigenvalue weighted by molar-refractivity contribution is 6.06. The van der Waals surface area contributed by atoms with Gasteiger partial charge in [-0.2, -0.15) is 15.1 Å². The summed E-state index contributed by atoms with van der Waals surface area (Å²) in [6, 6.07) is 11.7. The van der Waals surface area contributed by atoms with Crippen LogP contribution < -0.4 is 14.4 Å². The number of hydrogen-bond donors (Lipinski definition) is 1. The fourth-order valence-corrected chi connectivity index (χ4v) is 9.64. The van der Waals surface area contributed by atoms with Crippen molar-refractivity contribution < 1.29 is 38.0 Å². The first kappa shape index (κ1) is 40.0. The first-order valence-electron chi connectivity index (χ1n) is 22.0. The zero-order valence-corrected chi connectivity index (χ0v) is 35.5. The number of rotatable bonds is 10. The van der Waals surface area contributed by atoms with E-state index in [2.05, 4.69) is 11.0 Å². The maximum atomic E-state index is 16.6. The van der Waals surface area contributed by atoms with Crippen molar-refractivity contribution in [3.05, 3.63) is 70.7 Å². The van der Waals surface area contributed by atoms with E-state index in [1.54, 1.807) is 6.07 Å². The van der Waals surface area contributed by atoms with Crippen molar-refractivity contribution in [2.24, 2.45) is 0 Å². The summed E-state index contributed by atoms with van der Waals surface area (Å²) in [4.78, 5) is 28.0. The molecular formula is C47H55FN6O7. The van der Waals surface area contributed by atoms with E-state index in [1.165, 1.54) is 0 Å². The molecule has 14 heteroatoms. The van der Waals surface area contributed by atoms with Crippen molar-refractivity contribution in [1.82, 2.24) is 24.6 Å². The van der Waals surface area contributed by atoms with Gasteiger partial charge in [0.25, 0.3) is 0 Å². The largest absolute Gasteiger partial charge is 0.486 e. The van der Waals surface area contributed by atoms with Crippen LogP contribution in [-0.2, 0) is 27.4 Å². The van der Waals surface area contributed by atoms with Crippen LogP contribution in [0.1, 0.15) is 107 Å². The SMILES string of the molecule is Cc1c(F)cc2c(cnn2C2CCCCO2)c1-c1c(C2CC2)cc2c(N3C[C@@H]4C[C@H]3CN4C(=O)OC(C)(C)C)nc(OC3CCOCC3)nc2c1OCc1ccc(CO)cc1. The number of piperazine rings is 1. The number of benzene rings is 3. The minimum atomic E-state index is -0.597. The summed E-state index contributed by atoms with van der Waals surface area (Å²) in [6.07, 6.45) is 8.12. The van der Waals surface area contributed by atoms with Crippen LogP contribution >= 0.6 is 0 Å². The fraction of sp³-hybridized carbons (Fsp3) is 0.532. The van der Waals surface area contributed by atoms with E-state index in [-0.39, 0.29) is 61.5 Å². The molecule has 61 heavy (non-hydrogen) atoms. The van der Waals surface area contributed by atoms with Gasteiger partial charge in [-0.25, -0.2) is 13.9 Å². The van der Waals surface area contributed by atoms with Crippen LogP contribution in [0.2, 0.25) is 0 Å². The number of fused-ring (bicyclic) bond motifs is 4. The zero-order valence-electron chi connectivity index (χ0n) is 35.5. The molecule has 5 fully saturated rings. The highest BCUT2D eigenvalue weighted by atomic mass is 19.1. The Kier molecular flexibility index (Phi) is 10.5. The Labute approximate surface area is 355 Å². The first-order chi connectivity index (χ1) is 29.5. The number of halogens is 1. The molecule has 2 aromatic heterocycles. The Morgan fingerprint density at radius 1 is 0.934 bits per heavy atom. The van der Waals surface area contributed by atoms with Crippen LogP contribution in [0.15, 0.2) is 42.6 Å². The lowest BCUT2D eigenvalue weighted by Gasteiger charge is -2.36. The number of hydrogen-bond acceptors (Lipinski definition) is 11. The van der Waals surface area contributed by atoms with Gasteiger partial charge in [0.15, 0.2) is 12.0 Å². The number of nitrogens with zero attached hydrogens (tertiary/aromatic N) is 6. The lowest BCUT2D eigenvalue weighted by atomic mass is 9.88. The third-order valence-corrected chi connectivity index (χ3v) is 12.9. The van der Waals surface area contributed by atoms with Crippen molar-refractivity contribution >= 4 is 33.7 Å². The molecule has 5 aromatic rings. The van der Waals surface area contributed by atoms with E-state index in [0.717, 1.165) is 82.9 Å². The molecule has 10 rings (SSSR count). The van der Waals surface area contributed by atoms with E-state index in [0.29, 0.717) is 68.1 Å². The molecule has 13 nitrogen and oxygen atoms in total. The van der Waals surface area contributed by atoms with Crippen LogP contribution in [0.25, 0.3) is 32.9 Å². The van der Waals surface area contributed by atoms with Crippen molar-refractivity contribution in [2.45, 2.75) is 128 Å². The molecule has 1 amide bonds. The van der Waals surface area contributed by atoms with Crippen LogP contribution in [0, 0.1) is 12.7 Å². The summed E-state index contributed by atoms with van der Waals surface area (Å²) < 4.78 is 49.8. The third kappa shape index (κ3) is 7.75. The molecule has 1 saturated carbocycles. The van der Waals surface area contributed by atoms with Gasteiger partial charge in [0.1, 0.15) is 35.5 Å². The molecule has 322 valence electrons. The summed E-state index contributed by atoms with van der Waals surface area (Å²) in [5.74, 6) is 1.14. The van der Waals surface area contributed by atoms with Gasteiger partial charge < -0.3 is 38.6 Å². The molecule has 0 spiro atoms. The standard InChI is InChI=1S/C47H55FN6O7/c1-27-37(48)21-38-36(22-49-54(38)39-7-5-6-16-58-39)40(27)41-34(30-12-13-30)20-35-42(43(41)59-26-29-10-8-28(25-55)9-11-29)50-45(60-33-14-17-57-18-15-33)51-44(35)52-23-32-19-31(52)24-53(32)46(56)61-47(2,3)4/h8-11,20-22,30-33,39,55H,5-7,12-19,23-26H2,1-4H3/t31-,32-,39?/m0/s1. The summed E-state index contributed by atoms with van der Waals surface area (Å²) >= 11 is 0. The number of likely N-dealkylation sites (tertiary alicyclic amines) is 1. The zero-order chi connectivity index (χ0) is 42.0. The van der Waals surface area contributed by atoms with E-state index < -0.39 is 5.60 Å². The van der Waals surface area contributed by atoms with E-state index in [1.807, 2.05) is 67.7 Å². The van der Waals surface area contributed by atoms with Crippen LogP contribution in [0.4, 0.5) is 15.0 Å². The Balaban J connectivity index is 1.17. The normalized spacial score (nSPS) is 22.1. The molecule has 1 aliphatic carbocycles. The smallest absolute Gasteiger partial charge is 0.410 e. The highest BCUT2D eigenvalue weighted by Crippen LogP contribution is 2.54. The Bertz CT molecular complexity index is 2450. The van der Waals surface area contributed by atoms with Gasteiger partial charge in [-0.1, -0.05) is 24.3 Å². The van der Waals surface area contributed by atoms with Crippen molar-refractivity contribution in [2.75, 3.05) is 37.8 Å². The maximum absolute atomic E-state index is 16.6. The predicted molar refractivity (Wildman–Crippen MR) is 227 cm³/mol.